The highest BCUT2D eigenvalue weighted by atomic mass is 79.9. The minimum atomic E-state index is -0.400. The standard InChI is InChI=1S/C18H15BrN2O2/c1-23-17-8-7-14(10-16(17)19)9-15(11-20)18(22)21-12-13-5-3-2-4-6-13/h2-10H,12H2,1H3,(H,21,22). The molecule has 5 heteroatoms. The molecule has 0 fully saturated rings. The number of methoxy groups -OCH3 is 1. The van der Waals surface area contributed by atoms with E-state index in [1.807, 2.05) is 36.4 Å². The van der Waals surface area contributed by atoms with Crippen LogP contribution in [0.5, 0.6) is 5.75 Å². The highest BCUT2D eigenvalue weighted by Gasteiger charge is 2.09. The molecule has 0 radical (unpaired) electrons. The van der Waals surface area contributed by atoms with Gasteiger partial charge in [0.2, 0.25) is 0 Å². The Kier molecular flexibility index (Phi) is 5.95. The summed E-state index contributed by atoms with van der Waals surface area (Å²) in [7, 11) is 1.58. The maximum atomic E-state index is 12.1. The molecule has 2 rings (SSSR count). The summed E-state index contributed by atoms with van der Waals surface area (Å²) in [6.45, 7) is 0.380. The van der Waals surface area contributed by atoms with Crippen molar-refractivity contribution >= 4 is 27.9 Å². The highest BCUT2D eigenvalue weighted by Crippen LogP contribution is 2.26. The molecule has 1 N–H and O–H groups in total. The zero-order valence-corrected chi connectivity index (χ0v) is 14.1. The lowest BCUT2D eigenvalue weighted by Crippen LogP contribution is -2.23. The third kappa shape index (κ3) is 4.70. The number of carbonyl (C=O) groups excluding carboxylic acids is 1. The van der Waals surface area contributed by atoms with Gasteiger partial charge in [0.15, 0.2) is 0 Å². The van der Waals surface area contributed by atoms with Crippen molar-refractivity contribution in [3.05, 3.63) is 69.7 Å². The summed E-state index contributed by atoms with van der Waals surface area (Å²) >= 11 is 3.38. The molecular weight excluding hydrogens is 356 g/mol. The second kappa shape index (κ2) is 8.16. The summed E-state index contributed by atoms with van der Waals surface area (Å²) in [6, 6.07) is 16.8. The first-order valence-corrected chi connectivity index (χ1v) is 7.71. The molecule has 0 aromatic heterocycles. The van der Waals surface area contributed by atoms with Crippen LogP contribution in [0.4, 0.5) is 0 Å². The van der Waals surface area contributed by atoms with Crippen molar-refractivity contribution in [1.29, 1.82) is 5.26 Å². The number of benzene rings is 2. The van der Waals surface area contributed by atoms with Crippen molar-refractivity contribution in [2.75, 3.05) is 7.11 Å². The topological polar surface area (TPSA) is 62.1 Å². The Hall–Kier alpha value is -2.58. The molecule has 0 atom stereocenters. The molecule has 4 nitrogen and oxygen atoms in total. The number of ether oxygens (including phenoxy) is 1. The Bertz CT molecular complexity index is 764. The second-order valence-electron chi connectivity index (χ2n) is 4.73. The van der Waals surface area contributed by atoms with Crippen molar-refractivity contribution in [2.24, 2.45) is 0 Å². The monoisotopic (exact) mass is 370 g/mol. The van der Waals surface area contributed by atoms with E-state index < -0.39 is 5.91 Å². The second-order valence-corrected chi connectivity index (χ2v) is 5.59. The van der Waals surface area contributed by atoms with E-state index in [1.54, 1.807) is 31.4 Å². The fraction of sp³-hybridized carbons (Fsp3) is 0.111. The first-order valence-electron chi connectivity index (χ1n) is 6.91. The molecule has 0 saturated heterocycles. The Labute approximate surface area is 143 Å². The Morgan fingerprint density at radius 3 is 2.65 bits per heavy atom. The van der Waals surface area contributed by atoms with Gasteiger partial charge in [-0.15, -0.1) is 0 Å². The number of rotatable bonds is 5. The van der Waals surface area contributed by atoms with E-state index in [2.05, 4.69) is 21.2 Å². The van der Waals surface area contributed by atoms with Crippen LogP contribution in [0.1, 0.15) is 11.1 Å². The van der Waals surface area contributed by atoms with Gasteiger partial charge in [-0.05, 0) is 45.3 Å². The van der Waals surface area contributed by atoms with E-state index in [4.69, 9.17) is 4.74 Å². The van der Waals surface area contributed by atoms with E-state index in [9.17, 15) is 10.1 Å². The lowest BCUT2D eigenvalue weighted by atomic mass is 10.1. The van der Waals surface area contributed by atoms with Gasteiger partial charge in [0.1, 0.15) is 17.4 Å². The molecule has 0 saturated carbocycles. The van der Waals surface area contributed by atoms with Gasteiger partial charge in [0.05, 0.1) is 11.6 Å². The van der Waals surface area contributed by atoms with Crippen LogP contribution in [0.3, 0.4) is 0 Å². The molecule has 0 spiro atoms. The summed E-state index contributed by atoms with van der Waals surface area (Å²) in [4.78, 5) is 12.1. The van der Waals surface area contributed by atoms with E-state index >= 15 is 0 Å². The molecule has 0 aliphatic rings. The Balaban J connectivity index is 2.10. The zero-order chi connectivity index (χ0) is 16.7. The average molecular weight is 371 g/mol. The third-order valence-electron chi connectivity index (χ3n) is 3.15. The molecule has 1 amide bonds. The highest BCUT2D eigenvalue weighted by molar-refractivity contribution is 9.10. The molecule has 23 heavy (non-hydrogen) atoms. The maximum Gasteiger partial charge on any atom is 0.262 e. The van der Waals surface area contributed by atoms with Crippen molar-refractivity contribution in [3.8, 4) is 11.8 Å². The average Bonchev–Trinajstić information content (AvgIpc) is 2.58. The van der Waals surface area contributed by atoms with Gasteiger partial charge < -0.3 is 10.1 Å². The summed E-state index contributed by atoms with van der Waals surface area (Å²) in [5, 5.41) is 12.0. The largest absolute Gasteiger partial charge is 0.496 e. The SMILES string of the molecule is COc1ccc(C=C(C#N)C(=O)NCc2ccccc2)cc1Br. The van der Waals surface area contributed by atoms with Crippen molar-refractivity contribution < 1.29 is 9.53 Å². The first kappa shape index (κ1) is 16.8. The number of nitrogens with zero attached hydrogens (tertiary/aromatic N) is 1. The number of hydrogen-bond acceptors (Lipinski definition) is 3. The van der Waals surface area contributed by atoms with Crippen LogP contribution in [-0.2, 0) is 11.3 Å². The molecule has 2 aromatic rings. The van der Waals surface area contributed by atoms with E-state index in [0.717, 1.165) is 15.6 Å². The molecule has 116 valence electrons. The van der Waals surface area contributed by atoms with E-state index in [1.165, 1.54) is 0 Å². The van der Waals surface area contributed by atoms with Gasteiger partial charge in [-0.25, -0.2) is 0 Å². The van der Waals surface area contributed by atoms with E-state index in [0.29, 0.717) is 12.3 Å². The summed E-state index contributed by atoms with van der Waals surface area (Å²) in [6.07, 6.45) is 1.55. The van der Waals surface area contributed by atoms with Gasteiger partial charge >= 0.3 is 0 Å². The minimum absolute atomic E-state index is 0.0537. The van der Waals surface area contributed by atoms with Crippen LogP contribution < -0.4 is 10.1 Å². The van der Waals surface area contributed by atoms with Crippen molar-refractivity contribution in [2.45, 2.75) is 6.54 Å². The first-order chi connectivity index (χ1) is 11.1. The molecule has 2 aromatic carbocycles. The molecular formula is C18H15BrN2O2. The smallest absolute Gasteiger partial charge is 0.262 e. The van der Waals surface area contributed by atoms with Gasteiger partial charge in [0, 0.05) is 6.54 Å². The molecule has 0 aliphatic heterocycles. The Morgan fingerprint density at radius 2 is 2.04 bits per heavy atom. The van der Waals surface area contributed by atoms with Crippen LogP contribution in [-0.4, -0.2) is 13.0 Å². The van der Waals surface area contributed by atoms with Gasteiger partial charge in [-0.1, -0.05) is 36.4 Å². The lowest BCUT2D eigenvalue weighted by Gasteiger charge is -2.06. The summed E-state index contributed by atoms with van der Waals surface area (Å²) < 4.78 is 5.91. The number of halogens is 1. The molecule has 0 aliphatic carbocycles. The van der Waals surface area contributed by atoms with Crippen molar-refractivity contribution in [3.63, 3.8) is 0 Å². The number of nitrogens with one attached hydrogen (secondary N) is 1. The van der Waals surface area contributed by atoms with Crippen LogP contribution in [0, 0.1) is 11.3 Å². The third-order valence-corrected chi connectivity index (χ3v) is 3.77. The number of amides is 1. The summed E-state index contributed by atoms with van der Waals surface area (Å²) in [5.74, 6) is 0.289. The maximum absolute atomic E-state index is 12.1. The normalized spacial score (nSPS) is 10.7. The van der Waals surface area contributed by atoms with Gasteiger partial charge in [0.25, 0.3) is 5.91 Å². The zero-order valence-electron chi connectivity index (χ0n) is 12.5. The van der Waals surface area contributed by atoms with Crippen LogP contribution in [0.15, 0.2) is 58.6 Å². The predicted molar refractivity (Wildman–Crippen MR) is 92.6 cm³/mol. The van der Waals surface area contributed by atoms with E-state index in [-0.39, 0.29) is 5.57 Å². The van der Waals surface area contributed by atoms with Gasteiger partial charge in [-0.3, -0.25) is 4.79 Å². The van der Waals surface area contributed by atoms with Gasteiger partial charge in [-0.2, -0.15) is 5.26 Å². The molecule has 0 heterocycles. The Morgan fingerprint density at radius 1 is 1.30 bits per heavy atom. The minimum Gasteiger partial charge on any atom is -0.496 e. The van der Waals surface area contributed by atoms with Crippen molar-refractivity contribution in [1.82, 2.24) is 5.32 Å². The van der Waals surface area contributed by atoms with Crippen LogP contribution in [0.2, 0.25) is 0 Å². The molecule has 0 unspecified atom stereocenters. The number of carbonyl (C=O) groups is 1. The molecule has 0 bridgehead atoms. The fourth-order valence-electron chi connectivity index (χ4n) is 1.96. The lowest BCUT2D eigenvalue weighted by molar-refractivity contribution is -0.117. The predicted octanol–water partition coefficient (Wildman–Crippen LogP) is 3.68. The fourth-order valence-corrected chi connectivity index (χ4v) is 2.52. The van der Waals surface area contributed by atoms with Crippen LogP contribution in [0.25, 0.3) is 6.08 Å². The number of hydrogen-bond donors (Lipinski definition) is 1. The quantitative estimate of drug-likeness (QED) is 0.644. The number of nitriles is 1. The summed E-state index contributed by atoms with van der Waals surface area (Å²) in [5.41, 5.74) is 1.77. The van der Waals surface area contributed by atoms with Crippen LogP contribution >= 0.6 is 15.9 Å².